The molecular weight excluding hydrogens is 290 g/mol. The highest BCUT2D eigenvalue weighted by molar-refractivity contribution is 6.33. The Kier molecular flexibility index (Phi) is 5.00. The second-order valence-electron chi connectivity index (χ2n) is 4.30. The van der Waals surface area contributed by atoms with Crippen LogP contribution in [0.3, 0.4) is 0 Å². The summed E-state index contributed by atoms with van der Waals surface area (Å²) >= 11 is 6.01. The normalized spacial score (nSPS) is 10.0. The molecule has 2 rings (SSSR count). The van der Waals surface area contributed by atoms with Crippen molar-refractivity contribution >= 4 is 23.3 Å². The van der Waals surface area contributed by atoms with Gasteiger partial charge in [0, 0.05) is 25.4 Å². The number of ether oxygens (including phenoxy) is 1. The maximum atomic E-state index is 12.1. The molecule has 0 aliphatic heterocycles. The van der Waals surface area contributed by atoms with Crippen molar-refractivity contribution in [3.63, 3.8) is 0 Å². The molecule has 1 aromatic heterocycles. The average Bonchev–Trinajstić information content (AvgIpc) is 2.52. The van der Waals surface area contributed by atoms with Gasteiger partial charge in [-0.2, -0.15) is 0 Å². The van der Waals surface area contributed by atoms with E-state index in [-0.39, 0.29) is 5.91 Å². The summed E-state index contributed by atoms with van der Waals surface area (Å²) in [6, 6.07) is 9.10. The number of amides is 1. The second kappa shape index (κ2) is 6.95. The monoisotopic (exact) mass is 305 g/mol. The van der Waals surface area contributed by atoms with E-state index in [1.54, 1.807) is 20.2 Å². The van der Waals surface area contributed by atoms with E-state index in [4.69, 9.17) is 16.3 Å². The summed E-state index contributed by atoms with van der Waals surface area (Å²) in [6.45, 7) is 0.369. The highest BCUT2D eigenvalue weighted by Crippen LogP contribution is 2.20. The van der Waals surface area contributed by atoms with Crippen LogP contribution in [0.25, 0.3) is 0 Å². The van der Waals surface area contributed by atoms with Crippen LogP contribution in [-0.2, 0) is 6.54 Å². The summed E-state index contributed by atoms with van der Waals surface area (Å²) in [7, 11) is 3.32. The summed E-state index contributed by atoms with van der Waals surface area (Å²) < 4.78 is 5.24. The summed E-state index contributed by atoms with van der Waals surface area (Å²) in [5.41, 5.74) is 1.31. The first kappa shape index (κ1) is 15.1. The third-order valence-electron chi connectivity index (χ3n) is 2.97. The smallest absolute Gasteiger partial charge is 0.253 e. The van der Waals surface area contributed by atoms with Crippen LogP contribution in [0.2, 0.25) is 5.02 Å². The van der Waals surface area contributed by atoms with Crippen LogP contribution in [0.1, 0.15) is 15.9 Å². The molecule has 1 aromatic carbocycles. The van der Waals surface area contributed by atoms with Crippen molar-refractivity contribution in [1.82, 2.24) is 10.3 Å². The second-order valence-corrected chi connectivity index (χ2v) is 4.71. The zero-order valence-corrected chi connectivity index (χ0v) is 12.6. The van der Waals surface area contributed by atoms with E-state index in [0.29, 0.717) is 22.9 Å². The number of aromatic nitrogens is 1. The number of para-hydroxylation sites is 1. The van der Waals surface area contributed by atoms with Crippen molar-refractivity contribution in [3.05, 3.63) is 52.7 Å². The number of benzene rings is 1. The van der Waals surface area contributed by atoms with Gasteiger partial charge in [0.2, 0.25) is 0 Å². The van der Waals surface area contributed by atoms with Crippen molar-refractivity contribution in [2.75, 3.05) is 19.5 Å². The molecule has 0 atom stereocenters. The number of hydrogen-bond acceptors (Lipinski definition) is 4. The van der Waals surface area contributed by atoms with Crippen LogP contribution in [-0.4, -0.2) is 25.0 Å². The third kappa shape index (κ3) is 3.64. The van der Waals surface area contributed by atoms with E-state index in [0.717, 1.165) is 11.3 Å². The molecule has 0 saturated heterocycles. The number of hydrogen-bond donors (Lipinski definition) is 2. The van der Waals surface area contributed by atoms with Gasteiger partial charge in [0.15, 0.2) is 0 Å². The van der Waals surface area contributed by atoms with Crippen LogP contribution in [0.15, 0.2) is 36.5 Å². The lowest BCUT2D eigenvalue weighted by Crippen LogP contribution is -2.23. The molecule has 0 radical (unpaired) electrons. The number of nitrogens with zero attached hydrogens (tertiary/aromatic N) is 1. The first-order valence-corrected chi connectivity index (χ1v) is 6.77. The van der Waals surface area contributed by atoms with E-state index in [2.05, 4.69) is 15.6 Å². The van der Waals surface area contributed by atoms with Gasteiger partial charge in [-0.1, -0.05) is 29.8 Å². The van der Waals surface area contributed by atoms with E-state index in [9.17, 15) is 4.79 Å². The molecule has 0 saturated carbocycles. The Balaban J connectivity index is 2.06. The Labute approximate surface area is 128 Å². The zero-order chi connectivity index (χ0) is 15.2. The molecular formula is C15H16ClN3O2. The van der Waals surface area contributed by atoms with Gasteiger partial charge < -0.3 is 15.4 Å². The number of rotatable bonds is 5. The molecule has 5 nitrogen and oxygen atoms in total. The summed E-state index contributed by atoms with van der Waals surface area (Å²) in [6.07, 6.45) is 1.48. The Morgan fingerprint density at radius 3 is 2.81 bits per heavy atom. The van der Waals surface area contributed by atoms with Gasteiger partial charge in [-0.25, -0.2) is 4.98 Å². The van der Waals surface area contributed by atoms with Crippen molar-refractivity contribution < 1.29 is 9.53 Å². The molecule has 0 fully saturated rings. The lowest BCUT2D eigenvalue weighted by molar-refractivity contribution is 0.0950. The van der Waals surface area contributed by atoms with Crippen molar-refractivity contribution in [2.24, 2.45) is 0 Å². The number of carbonyl (C=O) groups is 1. The summed E-state index contributed by atoms with van der Waals surface area (Å²) in [4.78, 5) is 16.2. The van der Waals surface area contributed by atoms with Gasteiger partial charge in [0.05, 0.1) is 17.7 Å². The van der Waals surface area contributed by atoms with Crippen LogP contribution in [0, 0.1) is 0 Å². The molecule has 1 heterocycles. The fourth-order valence-corrected chi connectivity index (χ4v) is 2.13. The van der Waals surface area contributed by atoms with Gasteiger partial charge in [0.25, 0.3) is 5.91 Å². The molecule has 6 heteroatoms. The quantitative estimate of drug-likeness (QED) is 0.891. The number of nitrogens with one attached hydrogen (secondary N) is 2. The Morgan fingerprint density at radius 2 is 2.14 bits per heavy atom. The predicted octanol–water partition coefficient (Wildman–Crippen LogP) is 2.72. The molecule has 0 unspecified atom stereocenters. The number of pyridine rings is 1. The van der Waals surface area contributed by atoms with Gasteiger partial charge >= 0.3 is 0 Å². The van der Waals surface area contributed by atoms with Crippen molar-refractivity contribution in [2.45, 2.75) is 6.54 Å². The highest BCUT2D eigenvalue weighted by Gasteiger charge is 2.10. The van der Waals surface area contributed by atoms with E-state index in [1.165, 1.54) is 6.20 Å². The average molecular weight is 306 g/mol. The Bertz CT molecular complexity index is 647. The highest BCUT2D eigenvalue weighted by atomic mass is 35.5. The lowest BCUT2D eigenvalue weighted by atomic mass is 10.2. The maximum Gasteiger partial charge on any atom is 0.253 e. The number of carbonyl (C=O) groups excluding carboxylic acids is 1. The molecule has 0 aliphatic carbocycles. The molecule has 0 bridgehead atoms. The van der Waals surface area contributed by atoms with Crippen LogP contribution in [0.4, 0.5) is 5.82 Å². The van der Waals surface area contributed by atoms with Gasteiger partial charge in [-0.15, -0.1) is 0 Å². The van der Waals surface area contributed by atoms with Gasteiger partial charge in [-0.3, -0.25) is 4.79 Å². The van der Waals surface area contributed by atoms with Crippen LogP contribution >= 0.6 is 11.6 Å². The minimum atomic E-state index is -0.238. The lowest BCUT2D eigenvalue weighted by Gasteiger charge is -2.10. The van der Waals surface area contributed by atoms with E-state index in [1.807, 2.05) is 24.3 Å². The first-order chi connectivity index (χ1) is 10.2. The fraction of sp³-hybridized carbons (Fsp3) is 0.200. The molecule has 0 spiro atoms. The van der Waals surface area contributed by atoms with E-state index < -0.39 is 0 Å². The number of methoxy groups -OCH3 is 1. The third-order valence-corrected chi connectivity index (χ3v) is 3.26. The standard InChI is InChI=1S/C15H16ClN3O2/c1-17-14-12(16)7-11(9-18-14)15(20)19-8-10-5-3-4-6-13(10)21-2/h3-7,9H,8H2,1-2H3,(H,17,18)(H,19,20). The van der Waals surface area contributed by atoms with Crippen LogP contribution in [0.5, 0.6) is 5.75 Å². The largest absolute Gasteiger partial charge is 0.496 e. The van der Waals surface area contributed by atoms with Gasteiger partial charge in [0.1, 0.15) is 11.6 Å². The van der Waals surface area contributed by atoms with Crippen molar-refractivity contribution in [3.8, 4) is 5.75 Å². The first-order valence-electron chi connectivity index (χ1n) is 6.39. The summed E-state index contributed by atoms with van der Waals surface area (Å²) in [5, 5.41) is 6.06. The molecule has 1 amide bonds. The van der Waals surface area contributed by atoms with E-state index >= 15 is 0 Å². The van der Waals surface area contributed by atoms with Crippen LogP contribution < -0.4 is 15.4 Å². The van der Waals surface area contributed by atoms with Gasteiger partial charge in [-0.05, 0) is 12.1 Å². The molecule has 0 aliphatic rings. The number of anilines is 1. The maximum absolute atomic E-state index is 12.1. The zero-order valence-electron chi connectivity index (χ0n) is 11.8. The SMILES string of the molecule is CNc1ncc(C(=O)NCc2ccccc2OC)cc1Cl. The molecule has 21 heavy (non-hydrogen) atoms. The molecule has 110 valence electrons. The van der Waals surface area contributed by atoms with Crippen molar-refractivity contribution in [1.29, 1.82) is 0 Å². The fourth-order valence-electron chi connectivity index (χ4n) is 1.87. The number of halogens is 1. The molecule has 2 N–H and O–H groups in total. The minimum Gasteiger partial charge on any atom is -0.496 e. The summed E-state index contributed by atoms with van der Waals surface area (Å²) in [5.74, 6) is 1.04. The minimum absolute atomic E-state index is 0.238. The Morgan fingerprint density at radius 1 is 1.38 bits per heavy atom. The molecule has 2 aromatic rings. The predicted molar refractivity (Wildman–Crippen MR) is 83.0 cm³/mol. The Hall–Kier alpha value is -2.27. The topological polar surface area (TPSA) is 63.2 Å².